The molecule has 0 bridgehead atoms. The molecule has 0 atom stereocenters. The van der Waals surface area contributed by atoms with Crippen molar-refractivity contribution in [3.05, 3.63) is 71.3 Å². The second-order valence-corrected chi connectivity index (χ2v) is 6.20. The molecule has 0 fully saturated rings. The van der Waals surface area contributed by atoms with Gasteiger partial charge in [-0.3, -0.25) is 0 Å². The van der Waals surface area contributed by atoms with Crippen LogP contribution in [-0.2, 0) is 10.0 Å². The van der Waals surface area contributed by atoms with Crippen molar-refractivity contribution in [1.82, 2.24) is 4.83 Å². The molecule has 1 N–H and O–H groups in total. The van der Waals surface area contributed by atoms with E-state index >= 15 is 0 Å². The van der Waals surface area contributed by atoms with Gasteiger partial charge in [-0.15, -0.1) is 0 Å². The lowest BCUT2D eigenvalue weighted by Gasteiger charge is -2.02. The van der Waals surface area contributed by atoms with Gasteiger partial charge in [-0.25, -0.2) is 4.83 Å². The number of hydrazone groups is 1. The van der Waals surface area contributed by atoms with E-state index in [4.69, 9.17) is 11.6 Å². The fraction of sp³-hybridized carbons (Fsp3) is 0. The Labute approximate surface area is 128 Å². The number of allylic oxidation sites excluding steroid dienone is 1. The molecule has 0 heterocycles. The summed E-state index contributed by atoms with van der Waals surface area (Å²) in [4.78, 5) is 2.25. The summed E-state index contributed by atoms with van der Waals surface area (Å²) in [6, 6.07) is 17.4. The van der Waals surface area contributed by atoms with E-state index in [1.54, 1.807) is 24.3 Å². The van der Waals surface area contributed by atoms with Gasteiger partial charge in [0.15, 0.2) is 0 Å². The van der Waals surface area contributed by atoms with Crippen molar-refractivity contribution >= 4 is 33.9 Å². The summed E-state index contributed by atoms with van der Waals surface area (Å²) in [5.41, 5.74) is 0.903. The zero-order valence-corrected chi connectivity index (χ0v) is 12.6. The molecule has 0 amide bonds. The predicted molar refractivity (Wildman–Crippen MR) is 85.5 cm³/mol. The number of rotatable bonds is 5. The van der Waals surface area contributed by atoms with Gasteiger partial charge in [0.25, 0.3) is 10.0 Å². The first kappa shape index (κ1) is 15.3. The van der Waals surface area contributed by atoms with Crippen LogP contribution in [-0.4, -0.2) is 14.6 Å². The molecular weight excluding hydrogens is 308 g/mol. The zero-order chi connectivity index (χ0) is 15.1. The van der Waals surface area contributed by atoms with E-state index < -0.39 is 10.0 Å². The highest BCUT2D eigenvalue weighted by Crippen LogP contribution is 2.09. The predicted octanol–water partition coefficient (Wildman–Crippen LogP) is 3.23. The van der Waals surface area contributed by atoms with Crippen LogP contribution in [0.3, 0.4) is 0 Å². The first-order chi connectivity index (χ1) is 10.1. The third kappa shape index (κ3) is 4.73. The van der Waals surface area contributed by atoms with Gasteiger partial charge in [0.2, 0.25) is 0 Å². The van der Waals surface area contributed by atoms with Crippen LogP contribution in [0.25, 0.3) is 6.08 Å². The summed E-state index contributed by atoms with van der Waals surface area (Å²) in [7, 11) is -3.66. The summed E-state index contributed by atoms with van der Waals surface area (Å²) < 4.78 is 23.8. The van der Waals surface area contributed by atoms with E-state index in [1.807, 2.05) is 30.3 Å². The number of halogens is 1. The second kappa shape index (κ2) is 7.06. The van der Waals surface area contributed by atoms with Crippen molar-refractivity contribution in [2.45, 2.75) is 4.90 Å². The van der Waals surface area contributed by atoms with Crippen LogP contribution in [0.5, 0.6) is 0 Å². The molecule has 0 aliphatic rings. The molecule has 0 aliphatic carbocycles. The third-order valence-corrected chi connectivity index (χ3v) is 3.96. The number of nitrogens with one attached hydrogen (secondary N) is 1. The van der Waals surface area contributed by atoms with E-state index in [2.05, 4.69) is 9.93 Å². The summed E-state index contributed by atoms with van der Waals surface area (Å²) in [5.74, 6) is 0. The van der Waals surface area contributed by atoms with Crippen LogP contribution in [0.2, 0.25) is 0 Å². The van der Waals surface area contributed by atoms with Gasteiger partial charge in [0.1, 0.15) is 0 Å². The molecule has 0 unspecified atom stereocenters. The maximum absolute atomic E-state index is 11.9. The maximum Gasteiger partial charge on any atom is 0.276 e. The molecule has 6 heteroatoms. The van der Waals surface area contributed by atoms with Crippen molar-refractivity contribution in [3.63, 3.8) is 0 Å². The minimum atomic E-state index is -3.66. The van der Waals surface area contributed by atoms with Crippen molar-refractivity contribution in [2.24, 2.45) is 5.10 Å². The smallest absolute Gasteiger partial charge is 0.200 e. The number of hydrogen-bond donors (Lipinski definition) is 1. The molecule has 0 saturated carbocycles. The van der Waals surface area contributed by atoms with Crippen LogP contribution in [0, 0.1) is 0 Å². The minimum absolute atomic E-state index is 0.144. The molecule has 0 spiro atoms. The lowest BCUT2D eigenvalue weighted by molar-refractivity contribution is 0.584. The molecule has 0 aliphatic heterocycles. The third-order valence-electron chi connectivity index (χ3n) is 2.52. The van der Waals surface area contributed by atoms with E-state index in [-0.39, 0.29) is 4.90 Å². The first-order valence-corrected chi connectivity index (χ1v) is 7.96. The molecule has 2 aromatic rings. The van der Waals surface area contributed by atoms with Gasteiger partial charge < -0.3 is 0 Å². The Morgan fingerprint density at radius 3 is 2.19 bits per heavy atom. The molecule has 2 aromatic carbocycles. The largest absolute Gasteiger partial charge is 0.276 e. The summed E-state index contributed by atoms with van der Waals surface area (Å²) >= 11 is 5.97. The molecule has 108 valence electrons. The fourth-order valence-corrected chi connectivity index (χ4v) is 2.54. The van der Waals surface area contributed by atoms with E-state index in [0.29, 0.717) is 5.03 Å². The maximum atomic E-state index is 11.9. The fourth-order valence-electron chi connectivity index (χ4n) is 1.56. The summed E-state index contributed by atoms with van der Waals surface area (Å²) in [5, 5.41) is 3.97. The lowest BCUT2D eigenvalue weighted by atomic mass is 10.2. The highest BCUT2D eigenvalue weighted by atomic mass is 35.5. The Morgan fingerprint density at radius 2 is 1.57 bits per heavy atom. The Kier molecular flexibility index (Phi) is 5.14. The standard InChI is InChI=1S/C15H13ClN2O2S/c16-14(11-13-7-3-1-4-8-13)12-17-18-21(19,20)15-9-5-2-6-10-15/h1-12,18H/b14-11-,17-12-. The van der Waals surface area contributed by atoms with E-state index in [9.17, 15) is 8.42 Å². The SMILES string of the molecule is O=S(=O)(N/N=C\C(Cl)=C\c1ccccc1)c1ccccc1. The quantitative estimate of drug-likeness (QED) is 0.679. The van der Waals surface area contributed by atoms with Crippen LogP contribution in [0.15, 0.2) is 75.7 Å². The van der Waals surface area contributed by atoms with Gasteiger partial charge in [0, 0.05) is 0 Å². The van der Waals surface area contributed by atoms with Crippen LogP contribution < -0.4 is 4.83 Å². The number of benzene rings is 2. The second-order valence-electron chi connectivity index (χ2n) is 4.11. The summed E-state index contributed by atoms with van der Waals surface area (Å²) in [6.45, 7) is 0. The van der Waals surface area contributed by atoms with Crippen molar-refractivity contribution < 1.29 is 8.42 Å². The van der Waals surface area contributed by atoms with Gasteiger partial charge in [-0.1, -0.05) is 60.1 Å². The highest BCUT2D eigenvalue weighted by Gasteiger charge is 2.10. The molecule has 4 nitrogen and oxygen atoms in total. The lowest BCUT2D eigenvalue weighted by Crippen LogP contribution is -2.18. The van der Waals surface area contributed by atoms with Gasteiger partial charge in [-0.2, -0.15) is 13.5 Å². The Balaban J connectivity index is 2.04. The molecular formula is C15H13ClN2O2S. The Bertz CT molecular complexity index is 742. The number of sulfonamides is 1. The number of nitrogens with zero attached hydrogens (tertiary/aromatic N) is 1. The van der Waals surface area contributed by atoms with Crippen molar-refractivity contribution in [3.8, 4) is 0 Å². The van der Waals surface area contributed by atoms with Gasteiger partial charge >= 0.3 is 0 Å². The van der Waals surface area contributed by atoms with Crippen LogP contribution in [0.4, 0.5) is 0 Å². The molecule has 0 saturated heterocycles. The topological polar surface area (TPSA) is 58.5 Å². The molecule has 0 radical (unpaired) electrons. The van der Waals surface area contributed by atoms with Gasteiger partial charge in [-0.05, 0) is 23.8 Å². The van der Waals surface area contributed by atoms with E-state index in [0.717, 1.165) is 5.56 Å². The molecule has 0 aromatic heterocycles. The monoisotopic (exact) mass is 320 g/mol. The van der Waals surface area contributed by atoms with Gasteiger partial charge in [0.05, 0.1) is 16.1 Å². The van der Waals surface area contributed by atoms with E-state index in [1.165, 1.54) is 18.3 Å². The average Bonchev–Trinajstić information content (AvgIpc) is 2.49. The van der Waals surface area contributed by atoms with Crippen LogP contribution in [0.1, 0.15) is 5.56 Å². The Hall–Kier alpha value is -2.11. The first-order valence-electron chi connectivity index (χ1n) is 6.10. The normalized spacial score (nSPS) is 12.5. The van der Waals surface area contributed by atoms with Crippen molar-refractivity contribution in [2.75, 3.05) is 0 Å². The highest BCUT2D eigenvalue weighted by molar-refractivity contribution is 7.89. The van der Waals surface area contributed by atoms with Crippen molar-refractivity contribution in [1.29, 1.82) is 0 Å². The average molecular weight is 321 g/mol. The number of hydrogen-bond acceptors (Lipinski definition) is 3. The minimum Gasteiger partial charge on any atom is -0.200 e. The summed E-state index contributed by atoms with van der Waals surface area (Å²) in [6.07, 6.45) is 2.93. The molecule has 21 heavy (non-hydrogen) atoms. The van der Waals surface area contributed by atoms with Crippen LogP contribution >= 0.6 is 11.6 Å². The zero-order valence-electron chi connectivity index (χ0n) is 11.0. The Morgan fingerprint density at radius 1 is 1.00 bits per heavy atom. The molecule has 2 rings (SSSR count).